The van der Waals surface area contributed by atoms with E-state index in [1.807, 2.05) is 0 Å². The molecule has 0 aliphatic carbocycles. The van der Waals surface area contributed by atoms with Crippen molar-refractivity contribution in [3.05, 3.63) is 29.6 Å². The van der Waals surface area contributed by atoms with Crippen molar-refractivity contribution >= 4 is 0 Å². The second kappa shape index (κ2) is 4.96. The minimum absolute atomic E-state index is 0.525. The molecule has 2 heteroatoms. The first-order chi connectivity index (χ1) is 7.65. The maximum absolute atomic E-state index is 4.72. The molecule has 1 saturated heterocycles. The van der Waals surface area contributed by atoms with Gasteiger partial charge < -0.3 is 0 Å². The highest BCUT2D eigenvalue weighted by molar-refractivity contribution is 5.13. The first-order valence-corrected chi connectivity index (χ1v) is 6.33. The van der Waals surface area contributed by atoms with Crippen molar-refractivity contribution in [1.82, 2.24) is 9.88 Å². The smallest absolute Gasteiger partial charge is 0.0547 e. The Kier molecular flexibility index (Phi) is 3.59. The van der Waals surface area contributed by atoms with Crippen LogP contribution in [0.5, 0.6) is 0 Å². The molecule has 0 bridgehead atoms. The minimum atomic E-state index is 0.525. The maximum atomic E-state index is 4.72. The molecule has 2 rings (SSSR count). The molecule has 0 radical (unpaired) electrons. The third-order valence-electron chi connectivity index (χ3n) is 3.31. The van der Waals surface area contributed by atoms with Crippen LogP contribution in [-0.4, -0.2) is 23.0 Å². The van der Waals surface area contributed by atoms with Gasteiger partial charge in [-0.2, -0.15) is 0 Å². The molecule has 16 heavy (non-hydrogen) atoms. The van der Waals surface area contributed by atoms with E-state index in [9.17, 15) is 0 Å². The Morgan fingerprint density at radius 1 is 1.44 bits per heavy atom. The average molecular weight is 218 g/mol. The summed E-state index contributed by atoms with van der Waals surface area (Å²) in [6.45, 7) is 10.2. The molecule has 0 N–H and O–H groups in total. The van der Waals surface area contributed by atoms with Crippen molar-refractivity contribution in [2.45, 2.75) is 39.7 Å². The predicted molar refractivity (Wildman–Crippen MR) is 67.4 cm³/mol. The van der Waals surface area contributed by atoms with Crippen LogP contribution in [0.1, 0.15) is 44.5 Å². The summed E-state index contributed by atoms with van der Waals surface area (Å²) >= 11 is 0. The third-order valence-corrected chi connectivity index (χ3v) is 3.31. The van der Waals surface area contributed by atoms with Gasteiger partial charge in [-0.25, -0.2) is 0 Å². The van der Waals surface area contributed by atoms with E-state index in [-0.39, 0.29) is 0 Å². The molecule has 1 aromatic rings. The lowest BCUT2D eigenvalue weighted by Crippen LogP contribution is -2.20. The summed E-state index contributed by atoms with van der Waals surface area (Å²) in [5.74, 6) is 1.38. The molecule has 0 aromatic carbocycles. The van der Waals surface area contributed by atoms with Gasteiger partial charge in [0.2, 0.25) is 0 Å². The summed E-state index contributed by atoms with van der Waals surface area (Å²) in [5, 5.41) is 0. The quantitative estimate of drug-likeness (QED) is 0.775. The molecule has 1 aromatic heterocycles. The summed E-state index contributed by atoms with van der Waals surface area (Å²) in [7, 11) is 0. The van der Waals surface area contributed by atoms with E-state index in [2.05, 4.69) is 43.9 Å². The average Bonchev–Trinajstić information content (AvgIpc) is 2.64. The van der Waals surface area contributed by atoms with Gasteiger partial charge in [0.25, 0.3) is 0 Å². The molecule has 1 aliphatic heterocycles. The number of aromatic nitrogens is 1. The van der Waals surface area contributed by atoms with Crippen molar-refractivity contribution in [3.8, 4) is 0 Å². The maximum Gasteiger partial charge on any atom is 0.0547 e. The van der Waals surface area contributed by atoms with E-state index in [4.69, 9.17) is 4.98 Å². The zero-order chi connectivity index (χ0) is 11.5. The van der Waals surface area contributed by atoms with Crippen molar-refractivity contribution < 1.29 is 0 Å². The van der Waals surface area contributed by atoms with Gasteiger partial charge in [-0.1, -0.05) is 26.8 Å². The Balaban J connectivity index is 2.01. The number of hydrogen-bond donors (Lipinski definition) is 0. The van der Waals surface area contributed by atoms with Crippen LogP contribution < -0.4 is 0 Å². The summed E-state index contributed by atoms with van der Waals surface area (Å²) < 4.78 is 0. The summed E-state index contributed by atoms with van der Waals surface area (Å²) in [5.41, 5.74) is 2.44. The number of rotatable bonds is 3. The molecule has 0 unspecified atom stereocenters. The van der Waals surface area contributed by atoms with E-state index in [0.29, 0.717) is 5.92 Å². The van der Waals surface area contributed by atoms with E-state index in [1.165, 1.54) is 30.9 Å². The lowest BCUT2D eigenvalue weighted by atomic mass is 10.1. The molecule has 88 valence electrons. The molecular formula is C14H22N2. The first kappa shape index (κ1) is 11.6. The highest BCUT2D eigenvalue weighted by atomic mass is 15.1. The fraction of sp³-hybridized carbons (Fsp3) is 0.643. The predicted octanol–water partition coefficient (Wildman–Crippen LogP) is 3.05. The van der Waals surface area contributed by atoms with Crippen molar-refractivity contribution in [2.75, 3.05) is 13.1 Å². The molecule has 0 amide bonds. The van der Waals surface area contributed by atoms with Crippen LogP contribution >= 0.6 is 0 Å². The van der Waals surface area contributed by atoms with Gasteiger partial charge >= 0.3 is 0 Å². The first-order valence-electron chi connectivity index (χ1n) is 6.33. The number of pyridine rings is 1. The Hall–Kier alpha value is -0.890. The van der Waals surface area contributed by atoms with Gasteiger partial charge in [-0.3, -0.25) is 9.88 Å². The highest BCUT2D eigenvalue weighted by Gasteiger charge is 2.18. The van der Waals surface area contributed by atoms with Gasteiger partial charge in [0.15, 0.2) is 0 Å². The van der Waals surface area contributed by atoms with Gasteiger partial charge in [-0.05, 0) is 36.9 Å². The molecule has 1 atom stereocenters. The van der Waals surface area contributed by atoms with E-state index in [0.717, 1.165) is 12.5 Å². The van der Waals surface area contributed by atoms with Crippen molar-refractivity contribution in [3.63, 3.8) is 0 Å². The van der Waals surface area contributed by atoms with Crippen LogP contribution in [0.4, 0.5) is 0 Å². The number of likely N-dealkylation sites (tertiary alicyclic amines) is 1. The monoisotopic (exact) mass is 218 g/mol. The van der Waals surface area contributed by atoms with Crippen LogP contribution in [-0.2, 0) is 6.54 Å². The Labute approximate surface area is 98.7 Å². The molecule has 2 nitrogen and oxygen atoms in total. The Bertz CT molecular complexity index is 346. The largest absolute Gasteiger partial charge is 0.297 e. The third kappa shape index (κ3) is 2.82. The standard InChI is InChI=1S/C14H22N2/c1-11(2)14-6-4-5-13(15-14)10-16-8-7-12(3)9-16/h4-6,11-12H,7-10H2,1-3H3/t12-/m1/s1. The molecule has 1 aliphatic rings. The fourth-order valence-electron chi connectivity index (χ4n) is 2.31. The summed E-state index contributed by atoms with van der Waals surface area (Å²) in [6.07, 6.45) is 1.34. The van der Waals surface area contributed by atoms with Crippen LogP contribution in [0, 0.1) is 5.92 Å². The van der Waals surface area contributed by atoms with Crippen LogP contribution in [0.25, 0.3) is 0 Å². The lowest BCUT2D eigenvalue weighted by molar-refractivity contribution is 0.316. The van der Waals surface area contributed by atoms with Crippen molar-refractivity contribution in [1.29, 1.82) is 0 Å². The molecule has 0 spiro atoms. The van der Waals surface area contributed by atoms with Crippen LogP contribution in [0.3, 0.4) is 0 Å². The normalized spacial score (nSPS) is 21.9. The number of nitrogens with zero attached hydrogens (tertiary/aromatic N) is 2. The molecule has 0 saturated carbocycles. The Morgan fingerprint density at radius 2 is 2.25 bits per heavy atom. The van der Waals surface area contributed by atoms with E-state index < -0.39 is 0 Å². The zero-order valence-corrected chi connectivity index (χ0v) is 10.6. The van der Waals surface area contributed by atoms with Crippen LogP contribution in [0.15, 0.2) is 18.2 Å². The number of hydrogen-bond acceptors (Lipinski definition) is 2. The van der Waals surface area contributed by atoms with E-state index >= 15 is 0 Å². The zero-order valence-electron chi connectivity index (χ0n) is 10.6. The molecule has 1 fully saturated rings. The fourth-order valence-corrected chi connectivity index (χ4v) is 2.31. The SMILES string of the molecule is CC(C)c1cccc(CN2CC[C@@H](C)C2)n1. The Morgan fingerprint density at radius 3 is 2.88 bits per heavy atom. The highest BCUT2D eigenvalue weighted by Crippen LogP contribution is 2.18. The van der Waals surface area contributed by atoms with Gasteiger partial charge in [0.05, 0.1) is 5.69 Å². The lowest BCUT2D eigenvalue weighted by Gasteiger charge is -2.15. The topological polar surface area (TPSA) is 16.1 Å². The second-order valence-electron chi connectivity index (χ2n) is 5.34. The summed E-state index contributed by atoms with van der Waals surface area (Å²) in [6, 6.07) is 6.41. The molecular weight excluding hydrogens is 196 g/mol. The molecule has 2 heterocycles. The van der Waals surface area contributed by atoms with E-state index in [1.54, 1.807) is 0 Å². The second-order valence-corrected chi connectivity index (χ2v) is 5.34. The van der Waals surface area contributed by atoms with Crippen molar-refractivity contribution in [2.24, 2.45) is 5.92 Å². The minimum Gasteiger partial charge on any atom is -0.297 e. The van der Waals surface area contributed by atoms with Gasteiger partial charge in [-0.15, -0.1) is 0 Å². The van der Waals surface area contributed by atoms with Gasteiger partial charge in [0.1, 0.15) is 0 Å². The summed E-state index contributed by atoms with van der Waals surface area (Å²) in [4.78, 5) is 7.23. The van der Waals surface area contributed by atoms with Gasteiger partial charge in [0, 0.05) is 18.8 Å². The van der Waals surface area contributed by atoms with Crippen LogP contribution in [0.2, 0.25) is 0 Å².